The summed E-state index contributed by atoms with van der Waals surface area (Å²) in [6.07, 6.45) is 1.97. The number of benzene rings is 2. The van der Waals surface area contributed by atoms with E-state index < -0.39 is 0 Å². The molecule has 1 saturated heterocycles. The van der Waals surface area contributed by atoms with Gasteiger partial charge in [-0.1, -0.05) is 44.2 Å². The van der Waals surface area contributed by atoms with E-state index in [2.05, 4.69) is 51.4 Å². The third-order valence-corrected chi connectivity index (χ3v) is 6.46. The number of halogens is 1. The van der Waals surface area contributed by atoms with Crippen molar-refractivity contribution >= 4 is 5.91 Å². The summed E-state index contributed by atoms with van der Waals surface area (Å²) in [6, 6.07) is 17.0. The van der Waals surface area contributed by atoms with Gasteiger partial charge in [0.1, 0.15) is 11.6 Å². The van der Waals surface area contributed by atoms with Crippen LogP contribution in [0.1, 0.15) is 30.7 Å². The lowest BCUT2D eigenvalue weighted by Gasteiger charge is -2.32. The van der Waals surface area contributed by atoms with Gasteiger partial charge in [-0.3, -0.25) is 14.7 Å². The van der Waals surface area contributed by atoms with Crippen LogP contribution in [0.15, 0.2) is 60.8 Å². The lowest BCUT2D eigenvalue weighted by atomic mass is 10.0. The number of rotatable bonds is 10. The van der Waals surface area contributed by atoms with E-state index in [9.17, 15) is 9.18 Å². The van der Waals surface area contributed by atoms with Crippen molar-refractivity contribution < 1.29 is 13.9 Å². The highest BCUT2D eigenvalue weighted by Gasteiger charge is 2.14. The van der Waals surface area contributed by atoms with Gasteiger partial charge in [0, 0.05) is 62.8 Å². The van der Waals surface area contributed by atoms with E-state index in [0.717, 1.165) is 43.9 Å². The molecule has 2 aromatic carbocycles. The predicted molar refractivity (Wildman–Crippen MR) is 145 cm³/mol. The molecule has 1 aliphatic heterocycles. The van der Waals surface area contributed by atoms with Crippen LogP contribution in [-0.4, -0.2) is 60.5 Å². The van der Waals surface area contributed by atoms with Crippen molar-refractivity contribution in [1.29, 1.82) is 0 Å². The maximum Gasteiger partial charge on any atom is 0.226 e. The summed E-state index contributed by atoms with van der Waals surface area (Å²) >= 11 is 0. The fraction of sp³-hybridized carbons (Fsp3) is 0.400. The molecule has 0 atom stereocenters. The monoisotopic (exact) mass is 504 g/mol. The third-order valence-electron chi connectivity index (χ3n) is 6.46. The molecule has 4 rings (SSSR count). The lowest BCUT2D eigenvalue weighted by molar-refractivity contribution is -0.120. The molecule has 0 saturated carbocycles. The number of hydrogen-bond donors (Lipinski definition) is 1. The Morgan fingerprint density at radius 3 is 2.41 bits per heavy atom. The summed E-state index contributed by atoms with van der Waals surface area (Å²) < 4.78 is 19.6. The van der Waals surface area contributed by atoms with Gasteiger partial charge in [-0.2, -0.15) is 0 Å². The van der Waals surface area contributed by atoms with Crippen molar-refractivity contribution in [3.05, 3.63) is 83.4 Å². The van der Waals surface area contributed by atoms with Gasteiger partial charge in [-0.25, -0.2) is 4.39 Å². The minimum absolute atomic E-state index is 0.163. The quantitative estimate of drug-likeness (QED) is 0.440. The fourth-order valence-corrected chi connectivity index (χ4v) is 4.26. The molecule has 0 spiro atoms. The number of ether oxygens (including phenoxy) is 1. The maximum absolute atomic E-state index is 13.9. The van der Waals surface area contributed by atoms with Crippen molar-refractivity contribution in [2.75, 3.05) is 39.8 Å². The lowest BCUT2D eigenvalue weighted by Crippen LogP contribution is -2.43. The number of amides is 1. The highest BCUT2D eigenvalue weighted by molar-refractivity contribution is 5.78. The van der Waals surface area contributed by atoms with Crippen molar-refractivity contribution in [1.82, 2.24) is 20.1 Å². The number of pyridine rings is 1. The van der Waals surface area contributed by atoms with Crippen molar-refractivity contribution in [2.24, 2.45) is 5.92 Å². The molecule has 0 radical (unpaired) electrons. The molecule has 1 aliphatic rings. The van der Waals surface area contributed by atoms with Crippen LogP contribution in [-0.2, 0) is 24.3 Å². The number of aromatic nitrogens is 1. The zero-order valence-corrected chi connectivity index (χ0v) is 22.0. The Kier molecular flexibility index (Phi) is 9.25. The summed E-state index contributed by atoms with van der Waals surface area (Å²) in [7, 11) is 2.17. The van der Waals surface area contributed by atoms with Crippen LogP contribution < -0.4 is 10.1 Å². The fourth-order valence-electron chi connectivity index (χ4n) is 4.26. The number of carbonyl (C=O) groups excluding carboxylic acids is 1. The zero-order valence-electron chi connectivity index (χ0n) is 22.0. The van der Waals surface area contributed by atoms with Crippen LogP contribution in [0.5, 0.6) is 5.75 Å². The first-order chi connectivity index (χ1) is 17.8. The molecule has 1 amide bonds. The van der Waals surface area contributed by atoms with Crippen LogP contribution in [0.2, 0.25) is 0 Å². The average molecular weight is 505 g/mol. The van der Waals surface area contributed by atoms with Crippen LogP contribution in [0.4, 0.5) is 4.39 Å². The molecule has 1 aromatic heterocycles. The van der Waals surface area contributed by atoms with Crippen molar-refractivity contribution in [3.8, 4) is 16.9 Å². The molecule has 7 heteroatoms. The molecule has 1 fully saturated rings. The molecule has 2 heterocycles. The number of carbonyl (C=O) groups is 1. The van der Waals surface area contributed by atoms with Crippen LogP contribution in [0.3, 0.4) is 0 Å². The van der Waals surface area contributed by atoms with Gasteiger partial charge in [-0.05, 0) is 47.9 Å². The predicted octanol–water partition coefficient (Wildman–Crippen LogP) is 4.53. The molecular formula is C30H37FN4O2. The molecule has 3 aromatic rings. The Morgan fingerprint density at radius 1 is 1.00 bits per heavy atom. The number of piperazine rings is 1. The highest BCUT2D eigenvalue weighted by atomic mass is 19.1. The summed E-state index contributed by atoms with van der Waals surface area (Å²) in [4.78, 5) is 21.8. The summed E-state index contributed by atoms with van der Waals surface area (Å²) in [5.74, 6) is 0.275. The van der Waals surface area contributed by atoms with E-state index in [1.165, 1.54) is 17.7 Å². The summed E-state index contributed by atoms with van der Waals surface area (Å²) in [6.45, 7) is 10.2. The molecule has 37 heavy (non-hydrogen) atoms. The molecule has 6 nitrogen and oxygen atoms in total. The Morgan fingerprint density at radius 2 is 1.73 bits per heavy atom. The molecule has 0 bridgehead atoms. The normalized spacial score (nSPS) is 14.6. The SMILES string of the molecule is CC(C)COc1cc(F)cc(CNC(=O)Cc2ccc(-c3ccc(CN4CCN(C)CC4)cc3)cn2)c1. The second-order valence-electron chi connectivity index (χ2n) is 10.3. The van der Waals surface area contributed by atoms with Gasteiger partial charge in [0.25, 0.3) is 0 Å². The largest absolute Gasteiger partial charge is 0.493 e. The first-order valence-electron chi connectivity index (χ1n) is 13.0. The molecule has 1 N–H and O–H groups in total. The number of nitrogens with zero attached hydrogens (tertiary/aromatic N) is 3. The first kappa shape index (κ1) is 26.8. The van der Waals surface area contributed by atoms with E-state index in [1.807, 2.05) is 32.2 Å². The van der Waals surface area contributed by atoms with Gasteiger partial charge < -0.3 is 15.0 Å². The second kappa shape index (κ2) is 12.8. The van der Waals surface area contributed by atoms with Gasteiger partial charge in [-0.15, -0.1) is 0 Å². The minimum Gasteiger partial charge on any atom is -0.493 e. The van der Waals surface area contributed by atoms with Gasteiger partial charge >= 0.3 is 0 Å². The van der Waals surface area contributed by atoms with E-state index in [4.69, 9.17) is 4.74 Å². The van der Waals surface area contributed by atoms with Crippen molar-refractivity contribution in [3.63, 3.8) is 0 Å². The maximum atomic E-state index is 13.9. The smallest absolute Gasteiger partial charge is 0.226 e. The molecular weight excluding hydrogens is 467 g/mol. The van der Waals surface area contributed by atoms with Gasteiger partial charge in [0.15, 0.2) is 0 Å². The first-order valence-corrected chi connectivity index (χ1v) is 13.0. The van der Waals surface area contributed by atoms with Crippen molar-refractivity contribution in [2.45, 2.75) is 33.4 Å². The number of nitrogens with one attached hydrogen (secondary N) is 1. The Hall–Kier alpha value is -3.29. The zero-order chi connectivity index (χ0) is 26.2. The van der Waals surface area contributed by atoms with E-state index in [1.54, 1.807) is 6.07 Å². The summed E-state index contributed by atoms with van der Waals surface area (Å²) in [5, 5.41) is 2.85. The number of likely N-dealkylation sites (N-methyl/N-ethyl adjacent to an activating group) is 1. The number of hydrogen-bond acceptors (Lipinski definition) is 5. The Labute approximate surface area is 219 Å². The second-order valence-corrected chi connectivity index (χ2v) is 10.3. The highest BCUT2D eigenvalue weighted by Crippen LogP contribution is 2.21. The summed E-state index contributed by atoms with van der Waals surface area (Å²) in [5.41, 5.74) is 4.78. The molecule has 0 aliphatic carbocycles. The minimum atomic E-state index is -0.380. The Balaban J connectivity index is 1.27. The third kappa shape index (κ3) is 8.37. The van der Waals surface area contributed by atoms with Crippen LogP contribution >= 0.6 is 0 Å². The van der Waals surface area contributed by atoms with E-state index >= 15 is 0 Å². The van der Waals surface area contributed by atoms with Crippen LogP contribution in [0.25, 0.3) is 11.1 Å². The van der Waals surface area contributed by atoms with Gasteiger partial charge in [0.2, 0.25) is 5.91 Å². The van der Waals surface area contributed by atoms with E-state index in [0.29, 0.717) is 29.5 Å². The topological polar surface area (TPSA) is 57.7 Å². The Bertz CT molecular complexity index is 1160. The van der Waals surface area contributed by atoms with E-state index in [-0.39, 0.29) is 24.7 Å². The van der Waals surface area contributed by atoms with Gasteiger partial charge in [0.05, 0.1) is 13.0 Å². The standard InChI is InChI=1S/C30H37FN4O2/c1-22(2)21-37-29-15-24(14-27(31)16-29)18-33-30(36)17-28-9-8-26(19-32-28)25-6-4-23(5-7-25)20-35-12-10-34(3)11-13-35/h4-9,14-16,19,22H,10-13,17-18,20-21H2,1-3H3,(H,33,36). The molecule has 0 unspecified atom stereocenters. The van der Waals surface area contributed by atoms with Crippen LogP contribution in [0, 0.1) is 11.7 Å². The molecule has 196 valence electrons. The average Bonchev–Trinajstić information content (AvgIpc) is 2.88.